The highest BCUT2D eigenvalue weighted by Gasteiger charge is 1.93. The molecule has 0 amide bonds. The Balaban J connectivity index is 0. The normalized spacial score (nSPS) is 10.2. The Bertz CT molecular complexity index is 123. The number of ether oxygens (including phenoxy) is 1. The lowest BCUT2D eigenvalue weighted by Crippen LogP contribution is -1.84. The molecule has 0 aromatic heterocycles. The second-order valence-electron chi connectivity index (χ2n) is 5.73. The van der Waals surface area contributed by atoms with Crippen molar-refractivity contribution in [2.24, 2.45) is 0 Å². The zero-order valence-corrected chi connectivity index (χ0v) is 14.5. The molecule has 0 atom stereocenters. The van der Waals surface area contributed by atoms with Crippen LogP contribution in [0.25, 0.3) is 0 Å². The average molecular weight is 289 g/mol. The van der Waals surface area contributed by atoms with Gasteiger partial charge in [-0.25, -0.2) is 0 Å². The molecule has 0 aliphatic carbocycles. The van der Waals surface area contributed by atoms with E-state index >= 15 is 0 Å². The van der Waals surface area contributed by atoms with Gasteiger partial charge < -0.3 is 9.84 Å². The highest BCUT2D eigenvalue weighted by atomic mass is 16.4. The van der Waals surface area contributed by atoms with E-state index in [-0.39, 0.29) is 0 Å². The van der Waals surface area contributed by atoms with Crippen LogP contribution in [0.5, 0.6) is 0 Å². The van der Waals surface area contributed by atoms with Crippen molar-refractivity contribution in [3.8, 4) is 0 Å². The smallest absolute Gasteiger partial charge is 0.0431 e. The summed E-state index contributed by atoms with van der Waals surface area (Å²) in [7, 11) is 3.25. The van der Waals surface area contributed by atoms with Gasteiger partial charge in [-0.1, -0.05) is 90.4 Å². The van der Waals surface area contributed by atoms with Gasteiger partial charge in [0.2, 0.25) is 0 Å². The topological polar surface area (TPSA) is 29.5 Å². The first kappa shape index (κ1) is 22.2. The van der Waals surface area contributed by atoms with E-state index < -0.39 is 0 Å². The van der Waals surface area contributed by atoms with E-state index in [1.165, 1.54) is 83.5 Å². The summed E-state index contributed by atoms with van der Waals surface area (Å²) in [6.07, 6.45) is 19.2. The molecule has 124 valence electrons. The standard InChI is InChI=1S/C16H34O.C2H6O/c1-2-3-4-5-6-7-8-9-10-11-12-13-14-15-16-17;1-3-2/h17H,2-16H2,1H3;1-2H3. The number of aliphatic hydroxyl groups is 1. The van der Waals surface area contributed by atoms with E-state index in [0.29, 0.717) is 6.61 Å². The van der Waals surface area contributed by atoms with Crippen molar-refractivity contribution < 1.29 is 9.84 Å². The Morgan fingerprint density at radius 1 is 0.550 bits per heavy atom. The summed E-state index contributed by atoms with van der Waals surface area (Å²) < 4.78 is 4.25. The second-order valence-corrected chi connectivity index (χ2v) is 5.73. The Kier molecular flexibility index (Phi) is 26.6. The maximum atomic E-state index is 8.64. The molecule has 0 saturated carbocycles. The summed E-state index contributed by atoms with van der Waals surface area (Å²) in [6, 6.07) is 0. The van der Waals surface area contributed by atoms with Gasteiger partial charge in [0.15, 0.2) is 0 Å². The monoisotopic (exact) mass is 288 g/mol. The molecule has 0 heterocycles. The molecule has 0 aromatic rings. The zero-order valence-electron chi connectivity index (χ0n) is 14.5. The largest absolute Gasteiger partial charge is 0.396 e. The molecule has 0 fully saturated rings. The van der Waals surface area contributed by atoms with E-state index in [1.54, 1.807) is 14.2 Å². The maximum Gasteiger partial charge on any atom is 0.0431 e. The third kappa shape index (κ3) is 26.5. The molecule has 0 aliphatic heterocycles. The summed E-state index contributed by atoms with van der Waals surface area (Å²) in [6.45, 7) is 2.65. The van der Waals surface area contributed by atoms with Gasteiger partial charge in [0.1, 0.15) is 0 Å². The SMILES string of the molecule is CCCCCCCCCCCCCCCCO.COC. The van der Waals surface area contributed by atoms with Crippen molar-refractivity contribution in [2.75, 3.05) is 20.8 Å². The second kappa shape index (κ2) is 24.0. The fourth-order valence-corrected chi connectivity index (χ4v) is 2.31. The van der Waals surface area contributed by atoms with Crippen LogP contribution in [0.3, 0.4) is 0 Å². The number of aliphatic hydroxyl groups excluding tert-OH is 1. The van der Waals surface area contributed by atoms with Gasteiger partial charge in [0, 0.05) is 20.8 Å². The molecule has 0 rings (SSSR count). The number of hydrogen-bond acceptors (Lipinski definition) is 2. The number of unbranched alkanes of at least 4 members (excludes halogenated alkanes) is 13. The van der Waals surface area contributed by atoms with Crippen molar-refractivity contribution in [1.29, 1.82) is 0 Å². The predicted octanol–water partition coefficient (Wildman–Crippen LogP) is 5.72. The average Bonchev–Trinajstić information content (AvgIpc) is 2.45. The molecule has 0 bridgehead atoms. The molecule has 2 nitrogen and oxygen atoms in total. The van der Waals surface area contributed by atoms with Crippen molar-refractivity contribution in [3.05, 3.63) is 0 Å². The quantitative estimate of drug-likeness (QED) is 0.414. The van der Waals surface area contributed by atoms with Crippen LogP contribution >= 0.6 is 0 Å². The van der Waals surface area contributed by atoms with E-state index in [1.807, 2.05) is 0 Å². The van der Waals surface area contributed by atoms with Gasteiger partial charge in [-0.15, -0.1) is 0 Å². The first-order chi connectivity index (χ1) is 9.83. The van der Waals surface area contributed by atoms with E-state index in [0.717, 1.165) is 6.42 Å². The van der Waals surface area contributed by atoms with Gasteiger partial charge in [-0.05, 0) is 6.42 Å². The van der Waals surface area contributed by atoms with Crippen LogP contribution in [0.2, 0.25) is 0 Å². The maximum absolute atomic E-state index is 8.64. The third-order valence-electron chi connectivity index (χ3n) is 3.51. The molecule has 0 saturated heterocycles. The number of hydrogen-bond donors (Lipinski definition) is 1. The molecule has 0 radical (unpaired) electrons. The first-order valence-corrected chi connectivity index (χ1v) is 8.84. The minimum absolute atomic E-state index is 0.373. The van der Waals surface area contributed by atoms with Crippen LogP contribution in [0.4, 0.5) is 0 Å². The molecule has 0 spiro atoms. The van der Waals surface area contributed by atoms with Gasteiger partial charge in [-0.2, -0.15) is 0 Å². The fraction of sp³-hybridized carbons (Fsp3) is 1.00. The molecule has 0 aliphatic rings. The van der Waals surface area contributed by atoms with E-state index in [9.17, 15) is 0 Å². The lowest BCUT2D eigenvalue weighted by molar-refractivity contribution is 0.277. The van der Waals surface area contributed by atoms with Gasteiger partial charge >= 0.3 is 0 Å². The van der Waals surface area contributed by atoms with Crippen molar-refractivity contribution in [2.45, 2.75) is 96.8 Å². The van der Waals surface area contributed by atoms with Gasteiger partial charge in [0.05, 0.1) is 0 Å². The Morgan fingerprint density at radius 2 is 0.800 bits per heavy atom. The van der Waals surface area contributed by atoms with Crippen molar-refractivity contribution in [1.82, 2.24) is 0 Å². The summed E-state index contributed by atoms with van der Waals surface area (Å²) in [5.41, 5.74) is 0. The minimum atomic E-state index is 0.373. The van der Waals surface area contributed by atoms with Gasteiger partial charge in [0.25, 0.3) is 0 Å². The van der Waals surface area contributed by atoms with Crippen LogP contribution in [0.15, 0.2) is 0 Å². The molecule has 1 N–H and O–H groups in total. The molecule has 2 heteroatoms. The summed E-state index contributed by atoms with van der Waals surface area (Å²) >= 11 is 0. The number of rotatable bonds is 14. The summed E-state index contributed by atoms with van der Waals surface area (Å²) in [5, 5.41) is 8.64. The van der Waals surface area contributed by atoms with Crippen LogP contribution in [-0.4, -0.2) is 25.9 Å². The highest BCUT2D eigenvalue weighted by Crippen LogP contribution is 2.12. The molecule has 0 unspecified atom stereocenters. The lowest BCUT2D eigenvalue weighted by Gasteiger charge is -2.02. The van der Waals surface area contributed by atoms with Crippen molar-refractivity contribution in [3.63, 3.8) is 0 Å². The molecular weight excluding hydrogens is 248 g/mol. The van der Waals surface area contributed by atoms with E-state index in [2.05, 4.69) is 11.7 Å². The van der Waals surface area contributed by atoms with Crippen LogP contribution < -0.4 is 0 Å². The lowest BCUT2D eigenvalue weighted by atomic mass is 10.0. The van der Waals surface area contributed by atoms with Crippen LogP contribution in [0, 0.1) is 0 Å². The minimum Gasteiger partial charge on any atom is -0.396 e. The zero-order chi connectivity index (χ0) is 15.3. The van der Waals surface area contributed by atoms with Crippen LogP contribution in [0.1, 0.15) is 96.8 Å². The van der Waals surface area contributed by atoms with E-state index in [4.69, 9.17) is 5.11 Å². The van der Waals surface area contributed by atoms with Crippen LogP contribution in [-0.2, 0) is 4.74 Å². The Morgan fingerprint density at radius 3 is 1.05 bits per heavy atom. The fourth-order valence-electron chi connectivity index (χ4n) is 2.31. The Hall–Kier alpha value is -0.0800. The van der Waals surface area contributed by atoms with Crippen molar-refractivity contribution >= 4 is 0 Å². The number of methoxy groups -OCH3 is 1. The predicted molar refractivity (Wildman–Crippen MR) is 90.3 cm³/mol. The molecule has 20 heavy (non-hydrogen) atoms. The first-order valence-electron chi connectivity index (χ1n) is 8.84. The molecule has 0 aromatic carbocycles. The Labute approximate surface area is 128 Å². The summed E-state index contributed by atoms with van der Waals surface area (Å²) in [5.74, 6) is 0. The van der Waals surface area contributed by atoms with Gasteiger partial charge in [-0.3, -0.25) is 0 Å². The molecular formula is C18H40O2. The summed E-state index contributed by atoms with van der Waals surface area (Å²) in [4.78, 5) is 0. The highest BCUT2D eigenvalue weighted by molar-refractivity contribution is 4.48. The third-order valence-corrected chi connectivity index (χ3v) is 3.51.